The number of halogens is 3. The van der Waals surface area contributed by atoms with Crippen LogP contribution < -0.4 is 10.5 Å². The quantitative estimate of drug-likeness (QED) is 0.920. The van der Waals surface area contributed by atoms with Gasteiger partial charge in [-0.3, -0.25) is 4.79 Å². The molecule has 8 heteroatoms. The monoisotopic (exact) mass is 317 g/mol. The van der Waals surface area contributed by atoms with Gasteiger partial charge in [0, 0.05) is 25.3 Å². The fraction of sp³-hybridized carbons (Fsp3) is 0.571. The molecule has 0 spiro atoms. The van der Waals surface area contributed by atoms with Crippen molar-refractivity contribution in [1.82, 2.24) is 9.88 Å². The Balaban J connectivity index is 2.10. The summed E-state index contributed by atoms with van der Waals surface area (Å²) in [5, 5.41) is 0. The van der Waals surface area contributed by atoms with Gasteiger partial charge in [-0.1, -0.05) is 0 Å². The van der Waals surface area contributed by atoms with E-state index in [1.165, 1.54) is 18.3 Å². The Kier molecular flexibility index (Phi) is 4.90. The molecule has 1 amide bonds. The first-order valence-corrected chi connectivity index (χ1v) is 6.97. The Morgan fingerprint density at radius 3 is 2.91 bits per heavy atom. The average molecular weight is 317 g/mol. The third kappa shape index (κ3) is 4.09. The van der Waals surface area contributed by atoms with Crippen molar-refractivity contribution in [3.63, 3.8) is 0 Å². The van der Waals surface area contributed by atoms with Gasteiger partial charge in [-0.25, -0.2) is 4.98 Å². The lowest BCUT2D eigenvalue weighted by molar-refractivity contribution is -0.153. The second kappa shape index (κ2) is 6.51. The number of carbonyl (C=O) groups is 1. The van der Waals surface area contributed by atoms with Crippen LogP contribution in [0.1, 0.15) is 23.8 Å². The van der Waals surface area contributed by atoms with Gasteiger partial charge in [0.05, 0.1) is 0 Å². The van der Waals surface area contributed by atoms with Gasteiger partial charge in [0.25, 0.3) is 5.91 Å². The van der Waals surface area contributed by atoms with Crippen molar-refractivity contribution in [2.24, 2.45) is 11.7 Å². The van der Waals surface area contributed by atoms with Gasteiger partial charge in [0.15, 0.2) is 18.1 Å². The zero-order chi connectivity index (χ0) is 16.3. The van der Waals surface area contributed by atoms with Gasteiger partial charge in [-0.2, -0.15) is 13.2 Å². The van der Waals surface area contributed by atoms with Crippen molar-refractivity contribution in [3.8, 4) is 5.75 Å². The summed E-state index contributed by atoms with van der Waals surface area (Å²) in [6, 6.07) is 2.70. The van der Waals surface area contributed by atoms with Crippen LogP contribution in [0.15, 0.2) is 18.3 Å². The fourth-order valence-electron chi connectivity index (χ4n) is 2.38. The number of nitrogens with zero attached hydrogens (tertiary/aromatic N) is 2. The van der Waals surface area contributed by atoms with Crippen LogP contribution in [0.4, 0.5) is 13.2 Å². The van der Waals surface area contributed by atoms with E-state index >= 15 is 0 Å². The number of carbonyl (C=O) groups excluding carboxylic acids is 1. The van der Waals surface area contributed by atoms with E-state index in [1.807, 2.05) is 6.92 Å². The van der Waals surface area contributed by atoms with E-state index in [4.69, 9.17) is 10.5 Å². The average Bonchev–Trinajstić information content (AvgIpc) is 2.94. The number of hydrogen-bond acceptors (Lipinski definition) is 4. The SMILES string of the molecule is CC(N)C1CCN(C(=O)c2ncccc2OCC(F)(F)F)C1. The number of rotatable bonds is 4. The summed E-state index contributed by atoms with van der Waals surface area (Å²) in [6.07, 6.45) is -2.34. The van der Waals surface area contributed by atoms with Crippen LogP contribution in [0.25, 0.3) is 0 Å². The highest BCUT2D eigenvalue weighted by atomic mass is 19.4. The molecule has 0 radical (unpaired) electrons. The van der Waals surface area contributed by atoms with Crippen LogP contribution in [-0.2, 0) is 0 Å². The van der Waals surface area contributed by atoms with Crippen LogP contribution in [0, 0.1) is 5.92 Å². The summed E-state index contributed by atoms with van der Waals surface area (Å²) in [7, 11) is 0. The van der Waals surface area contributed by atoms with Crippen molar-refractivity contribution < 1.29 is 22.7 Å². The molecule has 0 saturated carbocycles. The lowest BCUT2D eigenvalue weighted by Gasteiger charge is -2.19. The topological polar surface area (TPSA) is 68.5 Å². The number of ether oxygens (including phenoxy) is 1. The number of hydrogen-bond donors (Lipinski definition) is 1. The van der Waals surface area contributed by atoms with Crippen molar-refractivity contribution in [3.05, 3.63) is 24.0 Å². The zero-order valence-corrected chi connectivity index (χ0v) is 12.1. The van der Waals surface area contributed by atoms with Gasteiger partial charge < -0.3 is 15.4 Å². The number of likely N-dealkylation sites (tertiary alicyclic amines) is 1. The number of nitrogens with two attached hydrogens (primary N) is 1. The molecule has 1 aliphatic heterocycles. The fourth-order valence-corrected chi connectivity index (χ4v) is 2.38. The molecule has 0 aromatic carbocycles. The van der Waals surface area contributed by atoms with Gasteiger partial charge in [0.2, 0.25) is 0 Å². The van der Waals surface area contributed by atoms with Gasteiger partial charge >= 0.3 is 6.18 Å². The summed E-state index contributed by atoms with van der Waals surface area (Å²) in [5.74, 6) is -0.401. The van der Waals surface area contributed by atoms with E-state index < -0.39 is 18.7 Å². The molecule has 1 aliphatic rings. The van der Waals surface area contributed by atoms with E-state index in [9.17, 15) is 18.0 Å². The molecule has 2 atom stereocenters. The van der Waals surface area contributed by atoms with E-state index in [-0.39, 0.29) is 23.4 Å². The molecule has 22 heavy (non-hydrogen) atoms. The normalized spacial score (nSPS) is 20.0. The molecule has 1 fully saturated rings. The minimum absolute atomic E-state index is 0.0394. The standard InChI is InChI=1S/C14H18F3N3O2/c1-9(18)10-4-6-20(7-10)13(21)12-11(3-2-5-19-12)22-8-14(15,16)17/h2-3,5,9-10H,4,6-8,18H2,1H3. The Labute approximate surface area is 126 Å². The maximum Gasteiger partial charge on any atom is 0.422 e. The van der Waals surface area contributed by atoms with Gasteiger partial charge in [-0.05, 0) is 31.4 Å². The largest absolute Gasteiger partial charge is 0.482 e. The summed E-state index contributed by atoms with van der Waals surface area (Å²) in [5.41, 5.74) is 5.72. The zero-order valence-electron chi connectivity index (χ0n) is 12.1. The van der Waals surface area contributed by atoms with Crippen LogP contribution in [-0.4, -0.2) is 47.7 Å². The molecule has 2 unspecified atom stereocenters. The first kappa shape index (κ1) is 16.5. The maximum atomic E-state index is 12.4. The highest BCUT2D eigenvalue weighted by Gasteiger charge is 2.32. The first-order valence-electron chi connectivity index (χ1n) is 6.97. The van der Waals surface area contributed by atoms with Gasteiger partial charge in [-0.15, -0.1) is 0 Å². The van der Waals surface area contributed by atoms with Crippen molar-refractivity contribution in [2.75, 3.05) is 19.7 Å². The Hall–Kier alpha value is -1.83. The van der Waals surface area contributed by atoms with Crippen molar-refractivity contribution in [2.45, 2.75) is 25.6 Å². The minimum atomic E-state index is -4.47. The highest BCUT2D eigenvalue weighted by molar-refractivity contribution is 5.95. The van der Waals surface area contributed by atoms with E-state index in [1.54, 1.807) is 4.90 Å². The summed E-state index contributed by atoms with van der Waals surface area (Å²) in [4.78, 5) is 17.9. The van der Waals surface area contributed by atoms with Crippen molar-refractivity contribution in [1.29, 1.82) is 0 Å². The summed E-state index contributed by atoms with van der Waals surface area (Å²) >= 11 is 0. The molecule has 5 nitrogen and oxygen atoms in total. The number of amides is 1. The van der Waals surface area contributed by atoms with E-state index in [0.717, 1.165) is 6.42 Å². The molecule has 1 saturated heterocycles. The number of aromatic nitrogens is 1. The van der Waals surface area contributed by atoms with Crippen molar-refractivity contribution >= 4 is 5.91 Å². The second-order valence-corrected chi connectivity index (χ2v) is 5.41. The predicted molar refractivity (Wildman–Crippen MR) is 73.4 cm³/mol. The molecule has 122 valence electrons. The third-order valence-electron chi connectivity index (χ3n) is 3.62. The molecule has 0 aliphatic carbocycles. The smallest absolute Gasteiger partial charge is 0.422 e. The molecule has 1 aromatic heterocycles. The van der Waals surface area contributed by atoms with E-state index in [0.29, 0.717) is 13.1 Å². The molecule has 0 bridgehead atoms. The van der Waals surface area contributed by atoms with Gasteiger partial charge in [0.1, 0.15) is 0 Å². The lowest BCUT2D eigenvalue weighted by atomic mass is 10.0. The Morgan fingerprint density at radius 2 is 2.32 bits per heavy atom. The summed E-state index contributed by atoms with van der Waals surface area (Å²) < 4.78 is 41.5. The van der Waals surface area contributed by atoms with Crippen LogP contribution in [0.3, 0.4) is 0 Å². The van der Waals surface area contributed by atoms with E-state index in [2.05, 4.69) is 4.98 Å². The second-order valence-electron chi connectivity index (χ2n) is 5.41. The molecule has 1 aromatic rings. The van der Waals surface area contributed by atoms with Crippen LogP contribution in [0.2, 0.25) is 0 Å². The number of pyridine rings is 1. The van der Waals surface area contributed by atoms with Crippen LogP contribution >= 0.6 is 0 Å². The Morgan fingerprint density at radius 1 is 1.59 bits per heavy atom. The molecule has 2 rings (SSSR count). The minimum Gasteiger partial charge on any atom is -0.482 e. The first-order chi connectivity index (χ1) is 10.3. The number of alkyl halides is 3. The molecular formula is C14H18F3N3O2. The third-order valence-corrected chi connectivity index (χ3v) is 3.62. The maximum absolute atomic E-state index is 12.4. The highest BCUT2D eigenvalue weighted by Crippen LogP contribution is 2.25. The summed E-state index contributed by atoms with van der Waals surface area (Å²) in [6.45, 7) is 1.41. The predicted octanol–water partition coefficient (Wildman–Crippen LogP) is 1.83. The molecular weight excluding hydrogens is 299 g/mol. The molecule has 2 heterocycles. The lowest BCUT2D eigenvalue weighted by Crippen LogP contribution is -2.33. The Bertz CT molecular complexity index is 534. The molecule has 2 N–H and O–H groups in total. The van der Waals surface area contributed by atoms with Crippen LogP contribution in [0.5, 0.6) is 5.75 Å².